The maximum Gasteiger partial charge on any atom is 0.330 e. The van der Waals surface area contributed by atoms with Crippen molar-refractivity contribution >= 4 is 5.97 Å². The van der Waals surface area contributed by atoms with E-state index in [0.717, 1.165) is 14.2 Å². The van der Waals surface area contributed by atoms with Gasteiger partial charge in [0.25, 0.3) is 5.56 Å². The van der Waals surface area contributed by atoms with Crippen LogP contribution in [0.1, 0.15) is 44.9 Å². The molecule has 1 aromatic rings. The zero-order valence-corrected chi connectivity index (χ0v) is 16.9. The van der Waals surface area contributed by atoms with Gasteiger partial charge in [-0.2, -0.15) is 0 Å². The Kier molecular flexibility index (Phi) is 17.2. The van der Waals surface area contributed by atoms with Crippen molar-refractivity contribution < 1.29 is 29.6 Å². The van der Waals surface area contributed by atoms with Crippen LogP contribution in [0.25, 0.3) is 0 Å². The summed E-state index contributed by atoms with van der Waals surface area (Å²) in [6.07, 6.45) is 2.76. The molecule has 0 aromatic carbocycles. The molecule has 1 saturated heterocycles. The Labute approximate surface area is 163 Å². The average Bonchev–Trinajstić information content (AvgIpc) is 3.18. The summed E-state index contributed by atoms with van der Waals surface area (Å²) >= 11 is 0. The largest absolute Gasteiger partial charge is 0.462 e. The molecule has 1 fully saturated rings. The van der Waals surface area contributed by atoms with E-state index in [-0.39, 0.29) is 24.8 Å². The number of ether oxygens (including phenoxy) is 2. The molecule has 0 bridgehead atoms. The lowest BCUT2D eigenvalue weighted by atomic mass is 10.2. The number of rotatable bonds is 5. The molecule has 1 aromatic heterocycles. The van der Waals surface area contributed by atoms with E-state index in [1.165, 1.54) is 17.2 Å². The van der Waals surface area contributed by atoms with Crippen molar-refractivity contribution in [3.8, 4) is 0 Å². The number of aliphatic hydroxyl groups excluding tert-OH is 3. The molecule has 2 heterocycles. The van der Waals surface area contributed by atoms with E-state index in [0.29, 0.717) is 12.8 Å². The minimum absolute atomic E-state index is 0.0670. The van der Waals surface area contributed by atoms with E-state index in [9.17, 15) is 14.4 Å². The highest BCUT2D eigenvalue weighted by Crippen LogP contribution is 2.27. The minimum Gasteiger partial charge on any atom is -0.462 e. The quantitative estimate of drug-likeness (QED) is 0.377. The first-order chi connectivity index (χ1) is 13.5. The highest BCUT2D eigenvalue weighted by atomic mass is 16.6. The van der Waals surface area contributed by atoms with Gasteiger partial charge in [0.05, 0.1) is 24.8 Å². The van der Waals surface area contributed by atoms with Crippen molar-refractivity contribution in [2.24, 2.45) is 5.73 Å². The zero-order chi connectivity index (χ0) is 22.1. The van der Waals surface area contributed by atoms with Gasteiger partial charge in [0.15, 0.2) is 0 Å². The molecule has 2 unspecified atom stereocenters. The van der Waals surface area contributed by atoms with E-state index in [1.807, 2.05) is 0 Å². The van der Waals surface area contributed by atoms with Crippen molar-refractivity contribution in [3.63, 3.8) is 0 Å². The van der Waals surface area contributed by atoms with Crippen LogP contribution in [0, 0.1) is 0 Å². The number of carbonyl (C=O) groups excluding carboxylic acids is 1. The number of nitrogens with zero attached hydrogens (tertiary/aromatic N) is 1. The molecule has 1 aliphatic heterocycles. The van der Waals surface area contributed by atoms with Gasteiger partial charge in [-0.05, 0) is 12.8 Å². The third-order valence-electron chi connectivity index (χ3n) is 3.20. The predicted octanol–water partition coefficient (Wildman–Crippen LogP) is -1.16. The van der Waals surface area contributed by atoms with E-state index >= 15 is 0 Å². The van der Waals surface area contributed by atoms with Crippen molar-refractivity contribution in [3.05, 3.63) is 32.6 Å². The SMILES string of the molecule is CCC.CO.CO.NCC(=O)OCC1CCC(n2cc(CO)c(=O)[nH]c2=O)O1. The maximum atomic E-state index is 11.8. The third kappa shape index (κ3) is 9.76. The maximum absolute atomic E-state index is 11.8. The lowest BCUT2D eigenvalue weighted by Crippen LogP contribution is -2.34. The van der Waals surface area contributed by atoms with E-state index in [2.05, 4.69) is 18.8 Å². The minimum atomic E-state index is -0.620. The molecule has 6 N–H and O–H groups in total. The van der Waals surface area contributed by atoms with Gasteiger partial charge in [-0.25, -0.2) is 4.79 Å². The number of nitrogens with one attached hydrogen (secondary N) is 1. The number of hydrogen-bond donors (Lipinski definition) is 5. The zero-order valence-electron chi connectivity index (χ0n) is 16.9. The van der Waals surface area contributed by atoms with E-state index < -0.39 is 30.1 Å². The number of hydrogen-bond acceptors (Lipinski definition) is 9. The molecule has 0 radical (unpaired) electrons. The van der Waals surface area contributed by atoms with Gasteiger partial charge >= 0.3 is 11.7 Å². The van der Waals surface area contributed by atoms with Crippen LogP contribution in [0.2, 0.25) is 0 Å². The Hall–Kier alpha value is -2.05. The van der Waals surface area contributed by atoms with Gasteiger partial charge in [-0.1, -0.05) is 20.3 Å². The third-order valence-corrected chi connectivity index (χ3v) is 3.20. The van der Waals surface area contributed by atoms with E-state index in [1.54, 1.807) is 0 Å². The Morgan fingerprint density at radius 3 is 2.36 bits per heavy atom. The summed E-state index contributed by atoms with van der Waals surface area (Å²) in [4.78, 5) is 36.2. The molecule has 11 heteroatoms. The summed E-state index contributed by atoms with van der Waals surface area (Å²) in [5.74, 6) is -0.522. The van der Waals surface area contributed by atoms with Crippen LogP contribution < -0.4 is 17.0 Å². The topological polar surface area (TPSA) is 177 Å². The van der Waals surface area contributed by atoms with Crippen LogP contribution in [0.15, 0.2) is 15.8 Å². The molecule has 0 spiro atoms. The molecule has 11 nitrogen and oxygen atoms in total. The van der Waals surface area contributed by atoms with Crippen LogP contribution in [0.4, 0.5) is 0 Å². The highest BCUT2D eigenvalue weighted by molar-refractivity contribution is 5.71. The lowest BCUT2D eigenvalue weighted by Gasteiger charge is -2.16. The van der Waals surface area contributed by atoms with Gasteiger partial charge < -0.3 is 30.5 Å². The Bertz CT molecular complexity index is 644. The van der Waals surface area contributed by atoms with Gasteiger partial charge in [0.1, 0.15) is 12.8 Å². The standard InChI is InChI=1S/C12H17N3O6.C3H8.2CH4O/c13-3-10(17)20-6-8-1-2-9(21-8)15-4-7(5-16)11(18)14-12(15)19;1-3-2;2*1-2/h4,8-9,16H,1-3,5-6,13H2,(H,14,18,19);3H2,1-2H3;2*2H,1H3. The van der Waals surface area contributed by atoms with Crippen LogP contribution >= 0.6 is 0 Å². The first-order valence-corrected chi connectivity index (χ1v) is 8.82. The second kappa shape index (κ2) is 17.1. The van der Waals surface area contributed by atoms with Crippen molar-refractivity contribution in [2.45, 2.75) is 52.0 Å². The smallest absolute Gasteiger partial charge is 0.330 e. The van der Waals surface area contributed by atoms with Gasteiger partial charge in [-0.3, -0.25) is 19.1 Å². The van der Waals surface area contributed by atoms with Crippen molar-refractivity contribution in [1.29, 1.82) is 0 Å². The fraction of sp³-hybridized carbons (Fsp3) is 0.706. The van der Waals surface area contributed by atoms with Crippen molar-refractivity contribution in [2.75, 3.05) is 27.4 Å². The molecule has 0 amide bonds. The summed E-state index contributed by atoms with van der Waals surface area (Å²) in [5.41, 5.74) is 3.97. The predicted molar refractivity (Wildman–Crippen MR) is 103 cm³/mol. The highest BCUT2D eigenvalue weighted by Gasteiger charge is 2.28. The lowest BCUT2D eigenvalue weighted by molar-refractivity contribution is -0.146. The summed E-state index contributed by atoms with van der Waals surface area (Å²) in [5, 5.41) is 23.1. The molecule has 0 saturated carbocycles. The van der Waals surface area contributed by atoms with Gasteiger partial charge in [0.2, 0.25) is 0 Å². The molecule has 28 heavy (non-hydrogen) atoms. The van der Waals surface area contributed by atoms with Crippen LogP contribution in [-0.2, 0) is 20.9 Å². The number of aromatic amines is 1. The first-order valence-electron chi connectivity index (χ1n) is 8.82. The molecular formula is C17H33N3O8. The Morgan fingerprint density at radius 2 is 1.86 bits per heavy atom. The number of nitrogens with two attached hydrogens (primary N) is 1. The molecule has 0 aliphatic carbocycles. The van der Waals surface area contributed by atoms with Gasteiger partial charge in [0, 0.05) is 20.4 Å². The number of H-pyrrole nitrogens is 1. The second-order valence-electron chi connectivity index (χ2n) is 5.36. The first kappa shape index (κ1) is 28.2. The van der Waals surface area contributed by atoms with Crippen LogP contribution in [0.3, 0.4) is 0 Å². The average molecular weight is 407 g/mol. The van der Waals surface area contributed by atoms with Crippen molar-refractivity contribution in [1.82, 2.24) is 9.55 Å². The Balaban J connectivity index is 0. The molecular weight excluding hydrogens is 374 g/mol. The fourth-order valence-electron chi connectivity index (χ4n) is 2.11. The van der Waals surface area contributed by atoms with Crippen LogP contribution in [0.5, 0.6) is 0 Å². The van der Waals surface area contributed by atoms with Gasteiger partial charge in [-0.15, -0.1) is 0 Å². The summed E-state index contributed by atoms with van der Waals surface area (Å²) in [6.45, 7) is 3.65. The fourth-order valence-corrected chi connectivity index (χ4v) is 2.11. The Morgan fingerprint density at radius 1 is 1.29 bits per heavy atom. The summed E-state index contributed by atoms with van der Waals surface area (Å²) in [6, 6.07) is 0. The van der Waals surface area contributed by atoms with Crippen LogP contribution in [-0.4, -0.2) is 64.3 Å². The van der Waals surface area contributed by atoms with E-state index in [4.69, 9.17) is 30.5 Å². The molecule has 2 atom stereocenters. The summed E-state index contributed by atoms with van der Waals surface area (Å²) in [7, 11) is 2.00. The number of aliphatic hydroxyl groups is 3. The molecule has 1 aliphatic rings. The molecule has 2 rings (SSSR count). The molecule has 164 valence electrons. The number of esters is 1. The normalized spacial score (nSPS) is 17.1. The second-order valence-corrected chi connectivity index (χ2v) is 5.36. The number of aromatic nitrogens is 2. The summed E-state index contributed by atoms with van der Waals surface area (Å²) < 4.78 is 11.7. The number of carbonyl (C=O) groups is 1. The monoisotopic (exact) mass is 407 g/mol.